The molecule has 172 valence electrons. The molecule has 3 rings (SSSR count). The van der Waals surface area contributed by atoms with Crippen LogP contribution >= 0.6 is 93.0 Å². The summed E-state index contributed by atoms with van der Waals surface area (Å²) in [6.07, 6.45) is 0. The van der Waals surface area contributed by atoms with E-state index in [1.165, 1.54) is 36.4 Å². The molecule has 0 saturated heterocycles. The second-order valence-electron chi connectivity index (χ2n) is 6.22. The monoisotopic (exact) mass is 883 g/mol. The lowest BCUT2D eigenvalue weighted by Crippen LogP contribution is -2.12. The van der Waals surface area contributed by atoms with E-state index in [0.717, 1.165) is 4.47 Å². The fourth-order valence-electron chi connectivity index (χ4n) is 2.55. The fourth-order valence-corrected chi connectivity index (χ4v) is 9.06. The van der Waals surface area contributed by atoms with Gasteiger partial charge in [-0.2, -0.15) is 0 Å². The predicted molar refractivity (Wildman–Crippen MR) is 146 cm³/mol. The molecule has 0 amide bonds. The molecule has 7 nitrogen and oxygen atoms in total. The number of carbonyl (C=O) groups excluding carboxylic acids is 2. The average Bonchev–Trinajstić information content (AvgIpc) is 2.65. The number of halogens is 5. The van der Waals surface area contributed by atoms with Crippen LogP contribution in [0.1, 0.15) is 20.7 Å². The van der Waals surface area contributed by atoms with Gasteiger partial charge >= 0.3 is 11.9 Å². The third-order valence-electron chi connectivity index (χ3n) is 3.94. The maximum Gasteiger partial charge on any atom is 0.345 e. The smallest absolute Gasteiger partial charge is 0.345 e. The van der Waals surface area contributed by atoms with E-state index in [2.05, 4.69) is 47.8 Å². The van der Waals surface area contributed by atoms with Gasteiger partial charge in [-0.1, -0.05) is 15.9 Å². The minimum absolute atomic E-state index is 0.0849. The Morgan fingerprint density at radius 2 is 1.27 bits per heavy atom. The van der Waals surface area contributed by atoms with Gasteiger partial charge in [-0.25, -0.2) is 18.0 Å². The highest BCUT2D eigenvalue weighted by Crippen LogP contribution is 2.32. The molecule has 0 radical (unpaired) electrons. The topological polar surface area (TPSA) is 110 Å². The van der Waals surface area contributed by atoms with Crippen molar-refractivity contribution in [1.82, 2.24) is 0 Å². The van der Waals surface area contributed by atoms with Gasteiger partial charge in [0, 0.05) is 20.6 Å². The Morgan fingerprint density at radius 3 is 1.76 bits per heavy atom. The second-order valence-corrected chi connectivity index (χ2v) is 12.5. The van der Waals surface area contributed by atoms with Gasteiger partial charge in [-0.05, 0) is 126 Å². The van der Waals surface area contributed by atoms with E-state index < -0.39 is 22.1 Å². The van der Waals surface area contributed by atoms with E-state index in [9.17, 15) is 22.6 Å². The minimum Gasteiger partial charge on any atom is -0.744 e. The molecule has 0 aliphatic carbocycles. The molecule has 0 spiro atoms. The Hall–Kier alpha value is -0.590. The lowest BCUT2D eigenvalue weighted by atomic mass is 10.2. The van der Waals surface area contributed by atoms with Crippen molar-refractivity contribution in [1.29, 1.82) is 0 Å². The standard InChI is InChI=1S/C20H9Br3I2O7S/c21-10-5-13(22)17(14(23)6-10)20(27)31-11-3-1-9(2-4-11)19(26)32-12-7-15(24)18(16(25)8-12)33(28,29)30/h1-8H,(H,28,29,30)/p-1. The summed E-state index contributed by atoms with van der Waals surface area (Å²) in [6.45, 7) is 0. The first-order valence-electron chi connectivity index (χ1n) is 8.50. The van der Waals surface area contributed by atoms with E-state index in [-0.39, 0.29) is 29.1 Å². The number of hydrogen-bond donors (Lipinski definition) is 0. The molecule has 0 aliphatic rings. The summed E-state index contributed by atoms with van der Waals surface area (Å²) >= 11 is 13.4. The minimum atomic E-state index is -4.66. The van der Waals surface area contributed by atoms with Gasteiger partial charge in [0.1, 0.15) is 21.6 Å². The third-order valence-corrected chi connectivity index (χ3v) is 9.03. The highest BCUT2D eigenvalue weighted by Gasteiger charge is 2.19. The first kappa shape index (κ1) is 27.0. The van der Waals surface area contributed by atoms with Crippen LogP contribution in [0, 0.1) is 7.14 Å². The van der Waals surface area contributed by atoms with Crippen molar-refractivity contribution in [3.63, 3.8) is 0 Å². The molecule has 33 heavy (non-hydrogen) atoms. The number of ether oxygens (including phenoxy) is 2. The highest BCUT2D eigenvalue weighted by molar-refractivity contribution is 14.1. The number of rotatable bonds is 5. The summed E-state index contributed by atoms with van der Waals surface area (Å²) in [4.78, 5) is 24.6. The van der Waals surface area contributed by atoms with Crippen molar-refractivity contribution < 1.29 is 32.0 Å². The number of esters is 2. The van der Waals surface area contributed by atoms with Crippen LogP contribution in [0.15, 0.2) is 66.8 Å². The van der Waals surface area contributed by atoms with Gasteiger partial charge in [-0.15, -0.1) is 0 Å². The maximum absolute atomic E-state index is 12.5. The molecule has 0 atom stereocenters. The summed E-state index contributed by atoms with van der Waals surface area (Å²) in [5.41, 5.74) is 0.473. The normalized spacial score (nSPS) is 11.2. The van der Waals surface area contributed by atoms with Crippen molar-refractivity contribution >= 4 is 115 Å². The Balaban J connectivity index is 1.74. The largest absolute Gasteiger partial charge is 0.744 e. The zero-order chi connectivity index (χ0) is 24.5. The van der Waals surface area contributed by atoms with Gasteiger partial charge in [0.15, 0.2) is 0 Å². The van der Waals surface area contributed by atoms with Crippen molar-refractivity contribution in [3.05, 3.63) is 80.2 Å². The summed E-state index contributed by atoms with van der Waals surface area (Å²) < 4.78 is 46.9. The molecular weight excluding hydrogens is 878 g/mol. The summed E-state index contributed by atoms with van der Waals surface area (Å²) in [5, 5.41) is 0. The SMILES string of the molecule is O=C(Oc1cc(I)c(S(=O)(=O)[O-])c(I)c1)c1ccc(OC(=O)c2c(Br)cc(Br)cc2Br)cc1. The molecular formula is C20H8Br3I2O7S-. The van der Waals surface area contributed by atoms with E-state index in [1.54, 1.807) is 57.3 Å². The Bertz CT molecular complexity index is 1330. The predicted octanol–water partition coefficient (Wildman–Crippen LogP) is 6.53. The molecule has 3 aromatic rings. The molecule has 0 bridgehead atoms. The van der Waals surface area contributed by atoms with E-state index >= 15 is 0 Å². The van der Waals surface area contributed by atoms with Crippen LogP contribution in [0.25, 0.3) is 0 Å². The first-order chi connectivity index (χ1) is 15.4. The summed E-state index contributed by atoms with van der Waals surface area (Å²) in [7, 11) is -4.66. The van der Waals surface area contributed by atoms with Crippen LogP contribution in [0.5, 0.6) is 11.5 Å². The van der Waals surface area contributed by atoms with E-state index in [1.807, 2.05) is 0 Å². The average molecular weight is 886 g/mol. The fraction of sp³-hybridized carbons (Fsp3) is 0. The van der Waals surface area contributed by atoms with Crippen molar-refractivity contribution in [2.45, 2.75) is 4.90 Å². The van der Waals surface area contributed by atoms with Gasteiger partial charge in [-0.3, -0.25) is 0 Å². The number of hydrogen-bond acceptors (Lipinski definition) is 7. The Labute approximate surface area is 241 Å². The van der Waals surface area contributed by atoms with Crippen LogP contribution in [-0.4, -0.2) is 24.9 Å². The third kappa shape index (κ3) is 6.76. The lowest BCUT2D eigenvalue weighted by molar-refractivity contribution is 0.0729. The van der Waals surface area contributed by atoms with Crippen LogP contribution in [-0.2, 0) is 10.1 Å². The van der Waals surface area contributed by atoms with Crippen molar-refractivity contribution in [2.75, 3.05) is 0 Å². The first-order valence-corrected chi connectivity index (χ1v) is 14.4. The molecule has 0 fully saturated rings. The van der Waals surface area contributed by atoms with Gasteiger partial charge in [0.2, 0.25) is 0 Å². The van der Waals surface area contributed by atoms with Crippen molar-refractivity contribution in [2.24, 2.45) is 0 Å². The number of carbonyl (C=O) groups is 2. The summed E-state index contributed by atoms with van der Waals surface area (Å²) in [5.74, 6) is -1.02. The maximum atomic E-state index is 12.5. The van der Waals surface area contributed by atoms with Gasteiger partial charge in [0.25, 0.3) is 0 Å². The molecule has 0 unspecified atom stereocenters. The molecule has 13 heteroatoms. The molecule has 0 heterocycles. The second kappa shape index (κ2) is 11.0. The number of benzene rings is 3. The molecule has 0 aliphatic heterocycles. The zero-order valence-corrected chi connectivity index (χ0v) is 25.7. The van der Waals surface area contributed by atoms with Crippen molar-refractivity contribution in [3.8, 4) is 11.5 Å². The molecule has 3 aromatic carbocycles. The van der Waals surface area contributed by atoms with Crippen LogP contribution in [0.2, 0.25) is 0 Å². The quantitative estimate of drug-likeness (QED) is 0.124. The Kier molecular flexibility index (Phi) is 8.99. The van der Waals surface area contributed by atoms with Crippen LogP contribution in [0.4, 0.5) is 0 Å². The van der Waals surface area contributed by atoms with E-state index in [4.69, 9.17) is 9.47 Å². The molecule has 0 saturated carbocycles. The summed E-state index contributed by atoms with van der Waals surface area (Å²) in [6, 6.07) is 11.7. The molecule has 0 N–H and O–H groups in total. The Morgan fingerprint density at radius 1 is 0.788 bits per heavy atom. The highest BCUT2D eigenvalue weighted by atomic mass is 127. The molecule has 0 aromatic heterocycles. The van der Waals surface area contributed by atoms with E-state index in [0.29, 0.717) is 14.5 Å². The lowest BCUT2D eigenvalue weighted by Gasteiger charge is -2.13. The van der Waals surface area contributed by atoms with Crippen LogP contribution < -0.4 is 9.47 Å². The van der Waals surface area contributed by atoms with Crippen LogP contribution in [0.3, 0.4) is 0 Å². The van der Waals surface area contributed by atoms with Gasteiger partial charge in [0.05, 0.1) is 16.0 Å². The van der Waals surface area contributed by atoms with Gasteiger partial charge < -0.3 is 14.0 Å². The zero-order valence-electron chi connectivity index (χ0n) is 15.8.